The van der Waals surface area contributed by atoms with Gasteiger partial charge in [-0.15, -0.1) is 0 Å². The summed E-state index contributed by atoms with van der Waals surface area (Å²) in [4.78, 5) is 0. The summed E-state index contributed by atoms with van der Waals surface area (Å²) in [6.07, 6.45) is 42.9. The Labute approximate surface area is 365 Å². The third-order valence-electron chi connectivity index (χ3n) is 12.7. The van der Waals surface area contributed by atoms with Gasteiger partial charge in [0.25, 0.3) is 0 Å². The Morgan fingerprint density at radius 1 is 0.339 bits per heavy atom. The molecule has 5 nitrogen and oxygen atoms in total. The fourth-order valence-corrected chi connectivity index (χ4v) is 8.95. The number of hydrogen-bond donors (Lipinski definition) is 0. The molecule has 340 valence electrons. The second-order valence-electron chi connectivity index (χ2n) is 17.8. The van der Waals surface area contributed by atoms with Crippen molar-refractivity contribution in [2.75, 3.05) is 41.7 Å². The molecule has 0 spiro atoms. The lowest BCUT2D eigenvalue weighted by molar-refractivity contribution is 0.123. The van der Waals surface area contributed by atoms with Gasteiger partial charge in [-0.2, -0.15) is 0 Å². The van der Waals surface area contributed by atoms with E-state index in [0.717, 1.165) is 61.9 Å². The van der Waals surface area contributed by atoms with E-state index in [-0.39, 0.29) is 0 Å². The van der Waals surface area contributed by atoms with Crippen molar-refractivity contribution in [3.05, 3.63) is 47.5 Å². The van der Waals surface area contributed by atoms with E-state index in [1.54, 1.807) is 28.4 Å². The zero-order valence-corrected chi connectivity index (χ0v) is 39.7. The first-order chi connectivity index (χ1) is 29.1. The predicted octanol–water partition coefficient (Wildman–Crippen LogP) is 16.5. The zero-order valence-electron chi connectivity index (χ0n) is 39.7. The first-order valence-electron chi connectivity index (χ1n) is 25.1. The summed E-state index contributed by atoms with van der Waals surface area (Å²) in [5, 5.41) is 0. The second-order valence-corrected chi connectivity index (χ2v) is 17.8. The molecule has 59 heavy (non-hydrogen) atoms. The predicted molar refractivity (Wildman–Crippen MR) is 254 cm³/mol. The van der Waals surface area contributed by atoms with E-state index in [1.807, 2.05) is 0 Å². The van der Waals surface area contributed by atoms with Crippen LogP contribution in [0.15, 0.2) is 36.4 Å². The molecule has 0 aromatic heterocycles. The first-order valence-corrected chi connectivity index (χ1v) is 25.1. The molecule has 0 radical (unpaired) electrons. The summed E-state index contributed by atoms with van der Waals surface area (Å²) in [6.45, 7) is 6.37. The van der Waals surface area contributed by atoms with E-state index in [0.29, 0.717) is 11.8 Å². The van der Waals surface area contributed by atoms with Gasteiger partial charge in [-0.25, -0.2) is 0 Å². The molecular formula is C54H94O5. The highest BCUT2D eigenvalue weighted by Crippen LogP contribution is 2.32. The molecule has 0 bridgehead atoms. The second kappa shape index (κ2) is 37.4. The SMILES string of the molecule is CCCCCCCCCCCCCC(CCCCOCCCCC(CCCCCCCCCCCCC)Cc1ccc(OC)c(OC)c1)Cc1ccc(OC)c(OC)c1. The van der Waals surface area contributed by atoms with Crippen molar-refractivity contribution < 1.29 is 23.7 Å². The molecule has 0 amide bonds. The maximum Gasteiger partial charge on any atom is 0.160 e. The lowest BCUT2D eigenvalue weighted by atomic mass is 9.89. The van der Waals surface area contributed by atoms with Crippen LogP contribution in [-0.2, 0) is 17.6 Å². The lowest BCUT2D eigenvalue weighted by Gasteiger charge is -2.19. The van der Waals surface area contributed by atoms with E-state index >= 15 is 0 Å². The van der Waals surface area contributed by atoms with Crippen molar-refractivity contribution in [3.8, 4) is 23.0 Å². The van der Waals surface area contributed by atoms with Crippen LogP contribution in [0.25, 0.3) is 0 Å². The minimum atomic E-state index is 0.703. The molecule has 0 saturated carbocycles. The van der Waals surface area contributed by atoms with Crippen LogP contribution in [0.4, 0.5) is 0 Å². The molecule has 5 heteroatoms. The standard InChI is InChI=1S/C54H94O5/c1-7-9-11-13-15-17-19-21-23-25-27-33-47(43-49-37-39-51(55-3)53(45-49)57-5)35-29-31-41-59-42-32-30-36-48(44-50-38-40-52(56-4)54(46-50)58-6)34-28-26-24-22-20-18-16-14-12-10-8-2/h37-40,45-48H,7-36,41-44H2,1-6H3. The van der Waals surface area contributed by atoms with Crippen molar-refractivity contribution in [1.29, 1.82) is 0 Å². The molecule has 2 atom stereocenters. The summed E-state index contributed by atoms with van der Waals surface area (Å²) in [6, 6.07) is 13.0. The van der Waals surface area contributed by atoms with Gasteiger partial charge in [0.15, 0.2) is 23.0 Å². The van der Waals surface area contributed by atoms with Crippen LogP contribution in [0.2, 0.25) is 0 Å². The van der Waals surface area contributed by atoms with Gasteiger partial charge in [0.05, 0.1) is 28.4 Å². The molecule has 0 aliphatic heterocycles. The number of ether oxygens (including phenoxy) is 5. The monoisotopic (exact) mass is 823 g/mol. The molecule has 2 aromatic carbocycles. The molecule has 2 aromatic rings. The van der Waals surface area contributed by atoms with Crippen molar-refractivity contribution in [2.45, 2.75) is 219 Å². The van der Waals surface area contributed by atoms with Crippen LogP contribution < -0.4 is 18.9 Å². The Morgan fingerprint density at radius 3 is 0.932 bits per heavy atom. The highest BCUT2D eigenvalue weighted by molar-refractivity contribution is 5.43. The summed E-state index contributed by atoms with van der Waals surface area (Å²) >= 11 is 0. The molecule has 0 aliphatic rings. The van der Waals surface area contributed by atoms with Crippen LogP contribution >= 0.6 is 0 Å². The maximum absolute atomic E-state index is 6.23. The van der Waals surface area contributed by atoms with Gasteiger partial charge in [0.1, 0.15) is 0 Å². The smallest absolute Gasteiger partial charge is 0.160 e. The van der Waals surface area contributed by atoms with E-state index in [9.17, 15) is 0 Å². The lowest BCUT2D eigenvalue weighted by Crippen LogP contribution is -2.08. The van der Waals surface area contributed by atoms with Gasteiger partial charge in [0, 0.05) is 13.2 Å². The van der Waals surface area contributed by atoms with E-state index in [2.05, 4.69) is 50.2 Å². The van der Waals surface area contributed by atoms with E-state index in [1.165, 1.54) is 191 Å². The Kier molecular flexibility index (Phi) is 33.4. The molecule has 0 saturated heterocycles. The number of hydrogen-bond acceptors (Lipinski definition) is 5. The largest absolute Gasteiger partial charge is 0.493 e. The molecular weight excluding hydrogens is 729 g/mol. The van der Waals surface area contributed by atoms with Crippen LogP contribution in [0.3, 0.4) is 0 Å². The van der Waals surface area contributed by atoms with Gasteiger partial charge in [-0.05, 0) is 72.9 Å². The van der Waals surface area contributed by atoms with E-state index < -0.39 is 0 Å². The summed E-state index contributed by atoms with van der Waals surface area (Å²) < 4.78 is 28.5. The third-order valence-corrected chi connectivity index (χ3v) is 12.7. The van der Waals surface area contributed by atoms with Crippen LogP contribution in [-0.4, -0.2) is 41.7 Å². The molecule has 2 rings (SSSR count). The molecule has 2 unspecified atom stereocenters. The minimum Gasteiger partial charge on any atom is -0.493 e. The van der Waals surface area contributed by atoms with Crippen molar-refractivity contribution in [3.63, 3.8) is 0 Å². The topological polar surface area (TPSA) is 46.2 Å². The number of rotatable bonds is 42. The highest BCUT2D eigenvalue weighted by atomic mass is 16.5. The van der Waals surface area contributed by atoms with Gasteiger partial charge < -0.3 is 23.7 Å². The Bertz CT molecular complexity index is 1140. The third kappa shape index (κ3) is 26.5. The van der Waals surface area contributed by atoms with Gasteiger partial charge in [-0.3, -0.25) is 0 Å². The van der Waals surface area contributed by atoms with Crippen LogP contribution in [0.5, 0.6) is 23.0 Å². The zero-order chi connectivity index (χ0) is 42.4. The number of benzene rings is 2. The minimum absolute atomic E-state index is 0.703. The Balaban J connectivity index is 1.73. The summed E-state index contributed by atoms with van der Waals surface area (Å²) in [5.41, 5.74) is 2.72. The molecule has 0 heterocycles. The fourth-order valence-electron chi connectivity index (χ4n) is 8.95. The summed E-state index contributed by atoms with van der Waals surface area (Å²) in [5.74, 6) is 4.71. The van der Waals surface area contributed by atoms with Crippen LogP contribution in [0, 0.1) is 11.8 Å². The van der Waals surface area contributed by atoms with Gasteiger partial charge in [0.2, 0.25) is 0 Å². The van der Waals surface area contributed by atoms with Crippen LogP contribution in [0.1, 0.15) is 218 Å². The highest BCUT2D eigenvalue weighted by Gasteiger charge is 2.14. The van der Waals surface area contributed by atoms with Crippen molar-refractivity contribution in [2.24, 2.45) is 11.8 Å². The molecule has 0 aliphatic carbocycles. The number of unbranched alkanes of at least 4 members (excludes halogenated alkanes) is 22. The van der Waals surface area contributed by atoms with Crippen molar-refractivity contribution in [1.82, 2.24) is 0 Å². The van der Waals surface area contributed by atoms with Gasteiger partial charge >= 0.3 is 0 Å². The Morgan fingerprint density at radius 2 is 0.627 bits per heavy atom. The fraction of sp³-hybridized carbons (Fsp3) is 0.778. The van der Waals surface area contributed by atoms with Crippen molar-refractivity contribution >= 4 is 0 Å². The first kappa shape index (κ1) is 52.7. The quantitative estimate of drug-likeness (QED) is 0.0624. The van der Waals surface area contributed by atoms with E-state index in [4.69, 9.17) is 23.7 Å². The average Bonchev–Trinajstić information content (AvgIpc) is 3.26. The number of methoxy groups -OCH3 is 4. The van der Waals surface area contributed by atoms with Gasteiger partial charge in [-0.1, -0.05) is 206 Å². The summed E-state index contributed by atoms with van der Waals surface area (Å²) in [7, 11) is 6.91. The average molecular weight is 823 g/mol. The molecule has 0 N–H and O–H groups in total. The Hall–Kier alpha value is -2.40. The molecule has 0 fully saturated rings. The maximum atomic E-state index is 6.23. The normalized spacial score (nSPS) is 12.4.